The molecule has 0 aromatic heterocycles. The van der Waals surface area contributed by atoms with E-state index in [0.717, 1.165) is 24.3 Å². The first-order valence-corrected chi connectivity index (χ1v) is 8.06. The number of methoxy groups -OCH3 is 1. The quantitative estimate of drug-likeness (QED) is 0.763. The van der Waals surface area contributed by atoms with Crippen LogP contribution in [0.4, 0.5) is 0 Å². The number of hydrogen-bond donors (Lipinski definition) is 1. The van der Waals surface area contributed by atoms with Gasteiger partial charge in [-0.1, -0.05) is 23.2 Å². The van der Waals surface area contributed by atoms with Gasteiger partial charge in [0.15, 0.2) is 0 Å². The summed E-state index contributed by atoms with van der Waals surface area (Å²) in [6.45, 7) is 5.36. The van der Waals surface area contributed by atoms with Gasteiger partial charge in [0, 0.05) is 36.7 Å². The van der Waals surface area contributed by atoms with Gasteiger partial charge < -0.3 is 14.8 Å². The lowest BCUT2D eigenvalue weighted by Gasteiger charge is -2.23. The minimum absolute atomic E-state index is 0.203. The van der Waals surface area contributed by atoms with E-state index in [1.165, 1.54) is 12.8 Å². The molecule has 1 fully saturated rings. The molecular weight excluding hydrogens is 309 g/mol. The molecule has 3 nitrogen and oxygen atoms in total. The van der Waals surface area contributed by atoms with E-state index in [9.17, 15) is 0 Å². The smallest absolute Gasteiger partial charge is 0.142 e. The van der Waals surface area contributed by atoms with E-state index >= 15 is 0 Å². The predicted molar refractivity (Wildman–Crippen MR) is 87.5 cm³/mol. The van der Waals surface area contributed by atoms with Crippen LogP contribution in [0.15, 0.2) is 12.1 Å². The first kappa shape index (κ1) is 16.9. The maximum Gasteiger partial charge on any atom is 0.142 e. The summed E-state index contributed by atoms with van der Waals surface area (Å²) in [5, 5.41) is 4.66. The maximum atomic E-state index is 6.28. The zero-order valence-electron chi connectivity index (χ0n) is 12.8. The van der Waals surface area contributed by atoms with Crippen molar-refractivity contribution in [2.75, 3.05) is 13.7 Å². The van der Waals surface area contributed by atoms with E-state index in [1.807, 2.05) is 19.9 Å². The standard InChI is InChI=1S/C16H23Cl2NO2/c1-16(2,20-3)6-7-21-15-11(10-19-13-4-5-13)8-12(17)9-14(15)18/h8-9,13,19H,4-7,10H2,1-3H3. The molecule has 21 heavy (non-hydrogen) atoms. The molecule has 0 bridgehead atoms. The fraction of sp³-hybridized carbons (Fsp3) is 0.625. The van der Waals surface area contributed by atoms with Crippen molar-refractivity contribution in [1.82, 2.24) is 5.32 Å². The van der Waals surface area contributed by atoms with Crippen molar-refractivity contribution in [3.05, 3.63) is 27.7 Å². The average molecular weight is 332 g/mol. The Labute approximate surface area is 136 Å². The molecule has 2 rings (SSSR count). The lowest BCUT2D eigenvalue weighted by atomic mass is 10.1. The highest BCUT2D eigenvalue weighted by Crippen LogP contribution is 2.33. The fourth-order valence-electron chi connectivity index (χ4n) is 1.95. The summed E-state index contributed by atoms with van der Waals surface area (Å²) in [5.74, 6) is 0.723. The third-order valence-corrected chi connectivity index (χ3v) is 4.25. The summed E-state index contributed by atoms with van der Waals surface area (Å²) in [7, 11) is 1.71. The Balaban J connectivity index is 2.01. The van der Waals surface area contributed by atoms with Crippen molar-refractivity contribution >= 4 is 23.2 Å². The molecule has 1 aliphatic carbocycles. The maximum absolute atomic E-state index is 6.28. The van der Waals surface area contributed by atoms with Crippen LogP contribution in [0.2, 0.25) is 10.0 Å². The number of nitrogens with one attached hydrogen (secondary N) is 1. The van der Waals surface area contributed by atoms with Crippen molar-refractivity contribution < 1.29 is 9.47 Å². The first-order valence-electron chi connectivity index (χ1n) is 7.30. The van der Waals surface area contributed by atoms with Crippen LogP contribution in [0.3, 0.4) is 0 Å². The third-order valence-electron chi connectivity index (χ3n) is 3.75. The molecule has 0 amide bonds. The minimum atomic E-state index is -0.203. The lowest BCUT2D eigenvalue weighted by Crippen LogP contribution is -2.25. The highest BCUT2D eigenvalue weighted by Gasteiger charge is 2.22. The Morgan fingerprint density at radius 1 is 1.29 bits per heavy atom. The first-order chi connectivity index (χ1) is 9.91. The normalized spacial score (nSPS) is 15.3. The van der Waals surface area contributed by atoms with E-state index in [2.05, 4.69) is 5.32 Å². The van der Waals surface area contributed by atoms with E-state index in [4.69, 9.17) is 32.7 Å². The van der Waals surface area contributed by atoms with Crippen LogP contribution in [0.25, 0.3) is 0 Å². The second-order valence-electron chi connectivity index (χ2n) is 6.09. The molecule has 0 heterocycles. The number of halogens is 2. The average Bonchev–Trinajstić information content (AvgIpc) is 3.23. The second kappa shape index (κ2) is 7.19. The molecule has 0 aliphatic heterocycles. The number of hydrogen-bond acceptors (Lipinski definition) is 3. The second-order valence-corrected chi connectivity index (χ2v) is 6.94. The van der Waals surface area contributed by atoms with Crippen molar-refractivity contribution in [3.63, 3.8) is 0 Å². The summed E-state index contributed by atoms with van der Waals surface area (Å²) >= 11 is 12.4. The van der Waals surface area contributed by atoms with E-state index < -0.39 is 0 Å². The van der Waals surface area contributed by atoms with Crippen molar-refractivity contribution in [3.8, 4) is 5.75 Å². The molecular formula is C16H23Cl2NO2. The molecule has 1 aliphatic rings. The Kier molecular flexibility index (Phi) is 5.78. The molecule has 1 aromatic carbocycles. The van der Waals surface area contributed by atoms with Crippen LogP contribution in [0, 0.1) is 0 Å². The highest BCUT2D eigenvalue weighted by molar-refractivity contribution is 6.35. The molecule has 5 heteroatoms. The van der Waals surface area contributed by atoms with E-state index in [1.54, 1.807) is 13.2 Å². The Morgan fingerprint density at radius 2 is 2.00 bits per heavy atom. The van der Waals surface area contributed by atoms with Gasteiger partial charge in [-0.2, -0.15) is 0 Å². The van der Waals surface area contributed by atoms with Gasteiger partial charge in [0.25, 0.3) is 0 Å². The van der Waals surface area contributed by atoms with E-state index in [-0.39, 0.29) is 5.60 Å². The van der Waals surface area contributed by atoms with Gasteiger partial charge in [-0.15, -0.1) is 0 Å². The van der Waals surface area contributed by atoms with Crippen LogP contribution in [0.1, 0.15) is 38.7 Å². The summed E-state index contributed by atoms with van der Waals surface area (Å²) in [6.07, 6.45) is 3.27. The Bertz CT molecular complexity index is 487. The summed E-state index contributed by atoms with van der Waals surface area (Å²) < 4.78 is 11.3. The molecule has 0 saturated heterocycles. The topological polar surface area (TPSA) is 30.5 Å². The number of benzene rings is 1. The molecule has 1 saturated carbocycles. The van der Waals surface area contributed by atoms with Gasteiger partial charge >= 0.3 is 0 Å². The molecule has 0 unspecified atom stereocenters. The van der Waals surface area contributed by atoms with Gasteiger partial charge in [-0.25, -0.2) is 0 Å². The molecule has 0 atom stereocenters. The fourth-order valence-corrected chi connectivity index (χ4v) is 2.54. The monoisotopic (exact) mass is 331 g/mol. The number of rotatable bonds is 8. The predicted octanol–water partition coefficient (Wildman–Crippen LogP) is 4.44. The van der Waals surface area contributed by atoms with Crippen molar-refractivity contribution in [2.45, 2.75) is 51.3 Å². The van der Waals surface area contributed by atoms with Crippen LogP contribution < -0.4 is 10.1 Å². The highest BCUT2D eigenvalue weighted by atomic mass is 35.5. The van der Waals surface area contributed by atoms with Gasteiger partial charge in [-0.05, 0) is 38.8 Å². The van der Waals surface area contributed by atoms with Gasteiger partial charge in [0.05, 0.1) is 17.2 Å². The summed E-state index contributed by atoms with van der Waals surface area (Å²) in [5.41, 5.74) is 0.806. The molecule has 1 aromatic rings. The van der Waals surface area contributed by atoms with Crippen LogP contribution >= 0.6 is 23.2 Å². The molecule has 0 radical (unpaired) electrons. The summed E-state index contributed by atoms with van der Waals surface area (Å²) in [4.78, 5) is 0. The zero-order valence-corrected chi connectivity index (χ0v) is 14.4. The van der Waals surface area contributed by atoms with Crippen molar-refractivity contribution in [1.29, 1.82) is 0 Å². The van der Waals surface area contributed by atoms with E-state index in [0.29, 0.717) is 22.7 Å². The Hall–Kier alpha value is -0.480. The lowest BCUT2D eigenvalue weighted by molar-refractivity contribution is 0.00538. The van der Waals surface area contributed by atoms with Crippen LogP contribution in [-0.2, 0) is 11.3 Å². The third kappa shape index (κ3) is 5.33. The SMILES string of the molecule is COC(C)(C)CCOc1c(Cl)cc(Cl)cc1CNC1CC1. The minimum Gasteiger partial charge on any atom is -0.492 e. The molecule has 0 spiro atoms. The van der Waals surface area contributed by atoms with Gasteiger partial charge in [0.1, 0.15) is 5.75 Å². The van der Waals surface area contributed by atoms with Crippen molar-refractivity contribution in [2.24, 2.45) is 0 Å². The van der Waals surface area contributed by atoms with Crippen LogP contribution in [0.5, 0.6) is 5.75 Å². The van der Waals surface area contributed by atoms with Crippen LogP contribution in [-0.4, -0.2) is 25.4 Å². The Morgan fingerprint density at radius 3 is 2.62 bits per heavy atom. The van der Waals surface area contributed by atoms with Gasteiger partial charge in [-0.3, -0.25) is 0 Å². The largest absolute Gasteiger partial charge is 0.492 e. The summed E-state index contributed by atoms with van der Waals surface area (Å²) in [6, 6.07) is 4.27. The number of ether oxygens (including phenoxy) is 2. The molecule has 1 N–H and O–H groups in total. The molecule has 118 valence electrons. The zero-order chi connectivity index (χ0) is 15.5. The van der Waals surface area contributed by atoms with Gasteiger partial charge in [0.2, 0.25) is 0 Å².